The molecule has 3 heteroatoms. The van der Waals surface area contributed by atoms with Crippen LogP contribution >= 0.6 is 0 Å². The maximum Gasteiger partial charge on any atom is 0.335 e. The Hall–Kier alpha value is -0.830. The zero-order chi connectivity index (χ0) is 14.5. The Labute approximate surface area is 121 Å². The van der Waals surface area contributed by atoms with Gasteiger partial charge in [0.2, 0.25) is 0 Å². The fourth-order valence-electron chi connectivity index (χ4n) is 5.28. The summed E-state index contributed by atoms with van der Waals surface area (Å²) in [4.78, 5) is 11.4. The van der Waals surface area contributed by atoms with Crippen molar-refractivity contribution < 1.29 is 14.3 Å². The van der Waals surface area contributed by atoms with Crippen molar-refractivity contribution in [1.29, 1.82) is 0 Å². The third-order valence-electron chi connectivity index (χ3n) is 6.08. The van der Waals surface area contributed by atoms with Gasteiger partial charge in [0.05, 0.1) is 6.10 Å². The van der Waals surface area contributed by atoms with E-state index in [0.29, 0.717) is 11.5 Å². The smallest absolute Gasteiger partial charge is 0.335 e. The normalized spacial score (nSPS) is 40.6. The Kier molecular flexibility index (Phi) is 3.44. The highest BCUT2D eigenvalue weighted by molar-refractivity contribution is 5.86. The highest BCUT2D eigenvalue weighted by atomic mass is 16.7. The number of esters is 1. The predicted octanol–water partition coefficient (Wildman–Crippen LogP) is 3.54. The molecule has 2 bridgehead atoms. The number of carbonyl (C=O) groups excluding carboxylic acids is 1. The van der Waals surface area contributed by atoms with Gasteiger partial charge in [0.15, 0.2) is 6.79 Å². The number of ether oxygens (including phenoxy) is 2. The lowest BCUT2D eigenvalue weighted by molar-refractivity contribution is -0.173. The van der Waals surface area contributed by atoms with Crippen molar-refractivity contribution in [3.05, 3.63) is 12.2 Å². The van der Waals surface area contributed by atoms with Crippen molar-refractivity contribution in [2.75, 3.05) is 6.79 Å². The summed E-state index contributed by atoms with van der Waals surface area (Å²) in [6.07, 6.45) is 5.71. The van der Waals surface area contributed by atoms with Crippen LogP contribution in [0, 0.1) is 29.1 Å². The van der Waals surface area contributed by atoms with Gasteiger partial charge in [-0.1, -0.05) is 26.8 Å². The van der Waals surface area contributed by atoms with Crippen LogP contribution in [0.1, 0.15) is 46.5 Å². The molecule has 0 N–H and O–H groups in total. The van der Waals surface area contributed by atoms with Crippen molar-refractivity contribution in [3.8, 4) is 0 Å². The molecule has 5 unspecified atom stereocenters. The number of rotatable bonds is 4. The Balaban J connectivity index is 1.62. The Morgan fingerprint density at radius 2 is 1.95 bits per heavy atom. The van der Waals surface area contributed by atoms with E-state index in [1.54, 1.807) is 6.92 Å². The molecule has 5 atom stereocenters. The standard InChI is InChI=1S/C17H26O3/c1-10(2)16(18)20-9-19-15-13-8-14(17(15,3)4)12-7-5-6-11(12)13/h11-15H,1,5-9H2,2-4H3. The van der Waals surface area contributed by atoms with Crippen LogP contribution < -0.4 is 0 Å². The predicted molar refractivity (Wildman–Crippen MR) is 76.9 cm³/mol. The maximum absolute atomic E-state index is 11.4. The van der Waals surface area contributed by atoms with Gasteiger partial charge in [0.1, 0.15) is 0 Å². The summed E-state index contributed by atoms with van der Waals surface area (Å²) < 4.78 is 11.1. The lowest BCUT2D eigenvalue weighted by Gasteiger charge is -2.43. The molecule has 0 aliphatic heterocycles. The Bertz CT molecular complexity index is 426. The summed E-state index contributed by atoms with van der Waals surface area (Å²) in [6.45, 7) is 9.98. The number of hydrogen-bond donors (Lipinski definition) is 0. The van der Waals surface area contributed by atoms with Crippen LogP contribution in [0.2, 0.25) is 0 Å². The van der Waals surface area contributed by atoms with Crippen LogP contribution in [0.3, 0.4) is 0 Å². The fourth-order valence-corrected chi connectivity index (χ4v) is 5.28. The van der Waals surface area contributed by atoms with Crippen LogP contribution in [-0.4, -0.2) is 18.9 Å². The number of carbonyl (C=O) groups is 1. The second-order valence-corrected chi connectivity index (χ2v) is 7.50. The number of hydrogen-bond acceptors (Lipinski definition) is 3. The van der Waals surface area contributed by atoms with Crippen molar-refractivity contribution in [2.45, 2.75) is 52.6 Å². The van der Waals surface area contributed by atoms with E-state index >= 15 is 0 Å². The molecule has 3 nitrogen and oxygen atoms in total. The van der Waals surface area contributed by atoms with Gasteiger partial charge >= 0.3 is 5.97 Å². The fraction of sp³-hybridized carbons (Fsp3) is 0.824. The molecule has 0 amide bonds. The first-order chi connectivity index (χ1) is 9.43. The highest BCUT2D eigenvalue weighted by Crippen LogP contribution is 2.66. The molecule has 3 saturated carbocycles. The molecule has 112 valence electrons. The molecule has 0 aromatic carbocycles. The van der Waals surface area contributed by atoms with Crippen LogP contribution in [0.4, 0.5) is 0 Å². The molecule has 0 aromatic heterocycles. The molecular formula is C17H26O3. The zero-order valence-electron chi connectivity index (χ0n) is 12.9. The second kappa shape index (κ2) is 4.87. The van der Waals surface area contributed by atoms with E-state index in [4.69, 9.17) is 9.47 Å². The summed E-state index contributed by atoms with van der Waals surface area (Å²) in [5.41, 5.74) is 0.642. The highest BCUT2D eigenvalue weighted by Gasteiger charge is 2.63. The molecule has 3 aliphatic carbocycles. The summed E-state index contributed by atoms with van der Waals surface area (Å²) in [5.74, 6) is 2.89. The molecule has 0 aromatic rings. The molecule has 0 saturated heterocycles. The van der Waals surface area contributed by atoms with E-state index < -0.39 is 0 Å². The van der Waals surface area contributed by atoms with Crippen molar-refractivity contribution >= 4 is 5.97 Å². The van der Waals surface area contributed by atoms with E-state index in [9.17, 15) is 4.79 Å². The van der Waals surface area contributed by atoms with Crippen LogP contribution in [0.25, 0.3) is 0 Å². The van der Waals surface area contributed by atoms with E-state index in [2.05, 4.69) is 20.4 Å². The molecule has 3 aliphatic rings. The van der Waals surface area contributed by atoms with Gasteiger partial charge in [-0.25, -0.2) is 4.79 Å². The van der Waals surface area contributed by atoms with Crippen LogP contribution in [0.5, 0.6) is 0 Å². The van der Waals surface area contributed by atoms with E-state index in [-0.39, 0.29) is 24.3 Å². The first-order valence-electron chi connectivity index (χ1n) is 7.87. The quantitative estimate of drug-likeness (QED) is 0.448. The third kappa shape index (κ3) is 2.02. The molecular weight excluding hydrogens is 252 g/mol. The molecule has 20 heavy (non-hydrogen) atoms. The summed E-state index contributed by atoms with van der Waals surface area (Å²) in [7, 11) is 0. The third-order valence-corrected chi connectivity index (χ3v) is 6.08. The minimum atomic E-state index is -0.357. The molecule has 0 radical (unpaired) electrons. The zero-order valence-corrected chi connectivity index (χ0v) is 12.9. The topological polar surface area (TPSA) is 35.5 Å². The largest absolute Gasteiger partial charge is 0.435 e. The molecule has 0 heterocycles. The van der Waals surface area contributed by atoms with Crippen LogP contribution in [0.15, 0.2) is 12.2 Å². The minimum Gasteiger partial charge on any atom is -0.435 e. The van der Waals surface area contributed by atoms with Gasteiger partial charge < -0.3 is 9.47 Å². The second-order valence-electron chi connectivity index (χ2n) is 7.50. The van der Waals surface area contributed by atoms with Gasteiger partial charge in [-0.05, 0) is 55.3 Å². The Morgan fingerprint density at radius 1 is 1.25 bits per heavy atom. The van der Waals surface area contributed by atoms with Gasteiger partial charge in [0.25, 0.3) is 0 Å². The molecule has 3 rings (SSSR count). The lowest BCUT2D eigenvalue weighted by atomic mass is 9.66. The summed E-state index contributed by atoms with van der Waals surface area (Å²) in [6, 6.07) is 0. The van der Waals surface area contributed by atoms with E-state index in [1.807, 2.05) is 0 Å². The van der Waals surface area contributed by atoms with Gasteiger partial charge in [-0.15, -0.1) is 0 Å². The van der Waals surface area contributed by atoms with Gasteiger partial charge in [-0.3, -0.25) is 0 Å². The SMILES string of the molecule is C=C(C)C(=O)OCOC1C2CC(C3CCCC32)C1(C)C. The maximum atomic E-state index is 11.4. The first kappa shape index (κ1) is 14.1. The first-order valence-corrected chi connectivity index (χ1v) is 7.87. The number of fused-ring (bicyclic) bond motifs is 5. The average Bonchev–Trinajstić information content (AvgIpc) is 3.00. The Morgan fingerprint density at radius 3 is 2.65 bits per heavy atom. The summed E-state index contributed by atoms with van der Waals surface area (Å²) >= 11 is 0. The monoisotopic (exact) mass is 278 g/mol. The molecule has 3 fully saturated rings. The lowest BCUT2D eigenvalue weighted by Crippen LogP contribution is -2.44. The van der Waals surface area contributed by atoms with E-state index in [0.717, 1.165) is 17.8 Å². The van der Waals surface area contributed by atoms with Crippen molar-refractivity contribution in [3.63, 3.8) is 0 Å². The molecule has 0 spiro atoms. The van der Waals surface area contributed by atoms with E-state index in [1.165, 1.54) is 25.7 Å². The van der Waals surface area contributed by atoms with Crippen molar-refractivity contribution in [2.24, 2.45) is 29.1 Å². The van der Waals surface area contributed by atoms with Gasteiger partial charge in [-0.2, -0.15) is 0 Å². The minimum absolute atomic E-state index is 0.0698. The van der Waals surface area contributed by atoms with Crippen molar-refractivity contribution in [1.82, 2.24) is 0 Å². The summed E-state index contributed by atoms with van der Waals surface area (Å²) in [5, 5.41) is 0. The van der Waals surface area contributed by atoms with Crippen LogP contribution in [-0.2, 0) is 14.3 Å². The average molecular weight is 278 g/mol. The van der Waals surface area contributed by atoms with Gasteiger partial charge in [0, 0.05) is 5.57 Å².